The van der Waals surface area contributed by atoms with Crippen LogP contribution < -0.4 is 5.73 Å². The summed E-state index contributed by atoms with van der Waals surface area (Å²) >= 11 is 0. The number of hydrogen-bond donors (Lipinski definition) is 1. The number of rotatable bonds is 4. The molecule has 0 saturated heterocycles. The van der Waals surface area contributed by atoms with E-state index in [1.807, 2.05) is 6.92 Å². The molecular formula is C10H21N. The first kappa shape index (κ1) is 10.7. The van der Waals surface area contributed by atoms with Crippen molar-refractivity contribution in [2.45, 2.75) is 40.2 Å². The molecule has 0 saturated carbocycles. The maximum atomic E-state index is 5.58. The molecule has 2 atom stereocenters. The third-order valence-electron chi connectivity index (χ3n) is 1.59. The Kier molecular flexibility index (Phi) is 5.22. The molecule has 0 heterocycles. The quantitative estimate of drug-likeness (QED) is 0.620. The summed E-state index contributed by atoms with van der Waals surface area (Å²) in [5.74, 6) is 1.45. The van der Waals surface area contributed by atoms with Gasteiger partial charge in [-0.05, 0) is 25.2 Å². The summed E-state index contributed by atoms with van der Waals surface area (Å²) < 4.78 is 0. The molecule has 1 heteroatoms. The minimum Gasteiger partial charge on any atom is -0.325 e. The molecule has 0 aliphatic heterocycles. The monoisotopic (exact) mass is 155 g/mol. The molecule has 1 nitrogen and oxygen atoms in total. The molecule has 0 aliphatic rings. The lowest BCUT2D eigenvalue weighted by Gasteiger charge is -2.09. The molecule has 0 aromatic rings. The smallest absolute Gasteiger partial charge is 0.0194 e. The van der Waals surface area contributed by atoms with E-state index in [4.69, 9.17) is 5.73 Å². The normalized spacial score (nSPS) is 17.6. The molecular weight excluding hydrogens is 134 g/mol. The topological polar surface area (TPSA) is 26.0 Å². The van der Waals surface area contributed by atoms with E-state index in [2.05, 4.69) is 32.9 Å². The summed E-state index contributed by atoms with van der Waals surface area (Å²) in [4.78, 5) is 0. The zero-order chi connectivity index (χ0) is 8.85. The van der Waals surface area contributed by atoms with Gasteiger partial charge in [0.25, 0.3) is 0 Å². The van der Waals surface area contributed by atoms with E-state index >= 15 is 0 Å². The lowest BCUT2D eigenvalue weighted by Crippen LogP contribution is -2.11. The van der Waals surface area contributed by atoms with E-state index in [1.54, 1.807) is 0 Å². The van der Waals surface area contributed by atoms with Gasteiger partial charge in [-0.25, -0.2) is 0 Å². The van der Waals surface area contributed by atoms with Crippen molar-refractivity contribution in [3.8, 4) is 0 Å². The van der Waals surface area contributed by atoms with E-state index in [-0.39, 0.29) is 6.04 Å². The van der Waals surface area contributed by atoms with Crippen molar-refractivity contribution in [2.24, 2.45) is 17.6 Å². The molecule has 2 N–H and O–H groups in total. The Morgan fingerprint density at radius 3 is 2.00 bits per heavy atom. The third kappa shape index (κ3) is 7.60. The molecule has 2 unspecified atom stereocenters. The Morgan fingerprint density at radius 1 is 1.09 bits per heavy atom. The van der Waals surface area contributed by atoms with Gasteiger partial charge in [-0.2, -0.15) is 0 Å². The van der Waals surface area contributed by atoms with Gasteiger partial charge < -0.3 is 5.73 Å². The summed E-state index contributed by atoms with van der Waals surface area (Å²) in [7, 11) is 0. The summed E-state index contributed by atoms with van der Waals surface area (Å²) in [6.07, 6.45) is 5.54. The number of allylic oxidation sites excluding steroid dienone is 1. The predicted molar refractivity (Wildman–Crippen MR) is 51.4 cm³/mol. The number of nitrogens with two attached hydrogens (primary N) is 1. The minimum absolute atomic E-state index is 0.199. The van der Waals surface area contributed by atoms with Gasteiger partial charge in [0.2, 0.25) is 0 Å². The van der Waals surface area contributed by atoms with Crippen molar-refractivity contribution >= 4 is 0 Å². The second-order valence-electron chi connectivity index (χ2n) is 3.85. The molecule has 0 aliphatic carbocycles. The van der Waals surface area contributed by atoms with Crippen LogP contribution in [0, 0.1) is 11.8 Å². The lowest BCUT2D eigenvalue weighted by molar-refractivity contribution is 0.502. The molecule has 0 aromatic heterocycles. The predicted octanol–water partition coefficient (Wildman–Crippen LogP) is 2.57. The molecule has 11 heavy (non-hydrogen) atoms. The van der Waals surface area contributed by atoms with Crippen LogP contribution in [0.15, 0.2) is 12.2 Å². The lowest BCUT2D eigenvalue weighted by atomic mass is 9.98. The zero-order valence-corrected chi connectivity index (χ0v) is 8.17. The maximum absolute atomic E-state index is 5.58. The van der Waals surface area contributed by atoms with Gasteiger partial charge in [-0.3, -0.25) is 0 Å². The molecule has 0 spiro atoms. The molecule has 0 fully saturated rings. The van der Waals surface area contributed by atoms with Crippen LogP contribution in [0.3, 0.4) is 0 Å². The average Bonchev–Trinajstić information content (AvgIpc) is 1.82. The largest absolute Gasteiger partial charge is 0.325 e. The van der Waals surface area contributed by atoms with Crippen LogP contribution >= 0.6 is 0 Å². The van der Waals surface area contributed by atoms with E-state index < -0.39 is 0 Å². The van der Waals surface area contributed by atoms with E-state index in [0.717, 1.165) is 5.92 Å². The molecule has 0 amide bonds. The van der Waals surface area contributed by atoms with Crippen molar-refractivity contribution < 1.29 is 0 Å². The van der Waals surface area contributed by atoms with Gasteiger partial charge in [0.15, 0.2) is 0 Å². The van der Waals surface area contributed by atoms with Crippen molar-refractivity contribution in [3.05, 3.63) is 12.2 Å². The van der Waals surface area contributed by atoms with Gasteiger partial charge in [0.05, 0.1) is 0 Å². The van der Waals surface area contributed by atoms with Gasteiger partial charge in [0, 0.05) is 6.04 Å². The Bertz CT molecular complexity index is 114. The highest BCUT2D eigenvalue weighted by Gasteiger charge is 2.00. The van der Waals surface area contributed by atoms with E-state index in [1.165, 1.54) is 6.42 Å². The van der Waals surface area contributed by atoms with Crippen LogP contribution in [-0.2, 0) is 0 Å². The molecule has 0 radical (unpaired) electrons. The average molecular weight is 155 g/mol. The molecule has 0 aromatic carbocycles. The molecule has 66 valence electrons. The van der Waals surface area contributed by atoms with Gasteiger partial charge in [-0.15, -0.1) is 0 Å². The molecule has 0 rings (SSSR count). The first-order valence-electron chi connectivity index (χ1n) is 4.46. The van der Waals surface area contributed by atoms with Crippen LogP contribution in [0.4, 0.5) is 0 Å². The number of hydrogen-bond acceptors (Lipinski definition) is 1. The van der Waals surface area contributed by atoms with Gasteiger partial charge >= 0.3 is 0 Å². The van der Waals surface area contributed by atoms with Crippen LogP contribution in [0.5, 0.6) is 0 Å². The van der Waals surface area contributed by atoms with Crippen molar-refractivity contribution in [1.29, 1.82) is 0 Å². The maximum Gasteiger partial charge on any atom is 0.0194 e. The fourth-order valence-corrected chi connectivity index (χ4v) is 1.19. The van der Waals surface area contributed by atoms with Gasteiger partial charge in [0.1, 0.15) is 0 Å². The second-order valence-corrected chi connectivity index (χ2v) is 3.85. The summed E-state index contributed by atoms with van der Waals surface area (Å²) in [6.45, 7) is 8.73. The highest BCUT2D eigenvalue weighted by Crippen LogP contribution is 2.11. The zero-order valence-electron chi connectivity index (χ0n) is 8.17. The second kappa shape index (κ2) is 5.36. The summed E-state index contributed by atoms with van der Waals surface area (Å²) in [5, 5.41) is 0. The van der Waals surface area contributed by atoms with E-state index in [9.17, 15) is 0 Å². The first-order valence-corrected chi connectivity index (χ1v) is 4.46. The SMILES string of the molecule is CC(N)/C=C/C(C)CC(C)C. The fourth-order valence-electron chi connectivity index (χ4n) is 1.19. The summed E-state index contributed by atoms with van der Waals surface area (Å²) in [5.41, 5.74) is 5.58. The Balaban J connectivity index is 3.59. The van der Waals surface area contributed by atoms with Crippen molar-refractivity contribution in [3.63, 3.8) is 0 Å². The van der Waals surface area contributed by atoms with Crippen molar-refractivity contribution in [2.75, 3.05) is 0 Å². The van der Waals surface area contributed by atoms with Crippen LogP contribution in [0.2, 0.25) is 0 Å². The van der Waals surface area contributed by atoms with Crippen LogP contribution in [-0.4, -0.2) is 6.04 Å². The fraction of sp³-hybridized carbons (Fsp3) is 0.800. The Morgan fingerprint density at radius 2 is 1.64 bits per heavy atom. The first-order chi connectivity index (χ1) is 5.02. The highest BCUT2D eigenvalue weighted by atomic mass is 14.6. The Labute approximate surface area is 70.7 Å². The highest BCUT2D eigenvalue weighted by molar-refractivity contribution is 4.92. The van der Waals surface area contributed by atoms with E-state index in [0.29, 0.717) is 5.92 Å². The Hall–Kier alpha value is -0.300. The van der Waals surface area contributed by atoms with Crippen LogP contribution in [0.25, 0.3) is 0 Å². The summed E-state index contributed by atoms with van der Waals surface area (Å²) in [6, 6.07) is 0.199. The van der Waals surface area contributed by atoms with Crippen LogP contribution in [0.1, 0.15) is 34.1 Å². The third-order valence-corrected chi connectivity index (χ3v) is 1.59. The standard InChI is InChI=1S/C10H21N/c1-8(2)7-9(3)5-6-10(4)11/h5-6,8-10H,7,11H2,1-4H3/b6-5+. The molecule has 0 bridgehead atoms. The van der Waals surface area contributed by atoms with Gasteiger partial charge in [-0.1, -0.05) is 32.9 Å². The minimum atomic E-state index is 0.199. The van der Waals surface area contributed by atoms with Crippen molar-refractivity contribution in [1.82, 2.24) is 0 Å².